The van der Waals surface area contributed by atoms with E-state index in [1.807, 2.05) is 13.8 Å². The van der Waals surface area contributed by atoms with Crippen molar-refractivity contribution in [3.63, 3.8) is 0 Å². The number of amides is 1. The highest BCUT2D eigenvalue weighted by molar-refractivity contribution is 5.97. The van der Waals surface area contributed by atoms with Crippen LogP contribution in [0.5, 0.6) is 0 Å². The van der Waals surface area contributed by atoms with E-state index in [0.717, 1.165) is 38.2 Å². The van der Waals surface area contributed by atoms with Crippen molar-refractivity contribution in [3.8, 4) is 0 Å². The maximum atomic E-state index is 15.1. The van der Waals surface area contributed by atoms with Gasteiger partial charge in [-0.2, -0.15) is 5.10 Å². The van der Waals surface area contributed by atoms with E-state index >= 15 is 4.39 Å². The van der Waals surface area contributed by atoms with Gasteiger partial charge in [0.05, 0.1) is 22.6 Å². The maximum absolute atomic E-state index is 15.1. The SMILES string of the molecule is CCC(CC)n1nc(C(=O)N[C@@H](CCC(=O)O)C(=O)O)c(=O)c2cc(F)c(NC3CCCCC3)cc21. The molecule has 1 heterocycles. The smallest absolute Gasteiger partial charge is 0.326 e. The minimum atomic E-state index is -1.52. The number of aliphatic carboxylic acids is 2. The predicted octanol–water partition coefficient (Wildman–Crippen LogP) is 3.69. The van der Waals surface area contributed by atoms with Gasteiger partial charge in [0.15, 0.2) is 5.69 Å². The summed E-state index contributed by atoms with van der Waals surface area (Å²) >= 11 is 0. The number of halogens is 1. The van der Waals surface area contributed by atoms with Crippen LogP contribution in [0.1, 0.15) is 88.2 Å². The van der Waals surface area contributed by atoms with Gasteiger partial charge in [0.25, 0.3) is 5.91 Å². The molecule has 2 aromatic rings. The van der Waals surface area contributed by atoms with Crippen molar-refractivity contribution in [2.45, 2.75) is 89.8 Å². The maximum Gasteiger partial charge on any atom is 0.326 e. The van der Waals surface area contributed by atoms with Crippen LogP contribution >= 0.6 is 0 Å². The zero-order valence-electron chi connectivity index (χ0n) is 20.6. The highest BCUT2D eigenvalue weighted by atomic mass is 19.1. The monoisotopic (exact) mass is 504 g/mol. The number of fused-ring (bicyclic) bond motifs is 1. The molecule has 1 aliphatic carbocycles. The number of carbonyl (C=O) groups excluding carboxylic acids is 1. The number of rotatable bonds is 11. The second-order valence-electron chi connectivity index (χ2n) is 9.22. The van der Waals surface area contributed by atoms with Gasteiger partial charge in [-0.1, -0.05) is 33.1 Å². The molecule has 11 heteroatoms. The minimum absolute atomic E-state index is 0.0360. The van der Waals surface area contributed by atoms with Gasteiger partial charge in [0.2, 0.25) is 5.43 Å². The molecule has 1 atom stereocenters. The van der Waals surface area contributed by atoms with Gasteiger partial charge >= 0.3 is 11.9 Å². The average molecular weight is 505 g/mol. The summed E-state index contributed by atoms with van der Waals surface area (Å²) in [5.74, 6) is -4.33. The first-order valence-electron chi connectivity index (χ1n) is 12.4. The molecule has 0 radical (unpaired) electrons. The lowest BCUT2D eigenvalue weighted by molar-refractivity contribution is -0.140. The Kier molecular flexibility index (Phi) is 9.00. The van der Waals surface area contributed by atoms with Crippen molar-refractivity contribution in [2.24, 2.45) is 0 Å². The molecule has 0 saturated heterocycles. The molecule has 1 fully saturated rings. The Hall–Kier alpha value is -3.50. The summed E-state index contributed by atoms with van der Waals surface area (Å²) in [5.41, 5.74) is -0.740. The van der Waals surface area contributed by atoms with E-state index < -0.39 is 47.2 Å². The summed E-state index contributed by atoms with van der Waals surface area (Å²) in [4.78, 5) is 48.5. The minimum Gasteiger partial charge on any atom is -0.481 e. The predicted molar refractivity (Wildman–Crippen MR) is 132 cm³/mol. The van der Waals surface area contributed by atoms with Crippen LogP contribution in [0.4, 0.5) is 10.1 Å². The van der Waals surface area contributed by atoms with Gasteiger partial charge in [-0.15, -0.1) is 0 Å². The first-order valence-corrected chi connectivity index (χ1v) is 12.4. The summed E-state index contributed by atoms with van der Waals surface area (Å²) in [7, 11) is 0. The Labute approximate surface area is 207 Å². The van der Waals surface area contributed by atoms with Crippen LogP contribution in [0, 0.1) is 5.82 Å². The first kappa shape index (κ1) is 27.1. The molecule has 0 bridgehead atoms. The summed E-state index contributed by atoms with van der Waals surface area (Å²) in [6.45, 7) is 3.85. The topological polar surface area (TPSA) is 151 Å². The molecule has 0 aliphatic heterocycles. The van der Waals surface area contributed by atoms with Crippen molar-refractivity contribution in [2.75, 3.05) is 5.32 Å². The molecule has 1 saturated carbocycles. The van der Waals surface area contributed by atoms with Gasteiger partial charge in [-0.3, -0.25) is 19.1 Å². The summed E-state index contributed by atoms with van der Waals surface area (Å²) in [6.07, 6.45) is 5.55. The Bertz CT molecular complexity index is 1190. The lowest BCUT2D eigenvalue weighted by Crippen LogP contribution is -2.43. The Balaban J connectivity index is 2.06. The van der Waals surface area contributed by atoms with Gasteiger partial charge in [0.1, 0.15) is 11.9 Å². The Morgan fingerprint density at radius 1 is 1.14 bits per heavy atom. The highest BCUT2D eigenvalue weighted by Crippen LogP contribution is 2.28. The summed E-state index contributed by atoms with van der Waals surface area (Å²) in [5, 5.41) is 27.9. The molecule has 0 spiro atoms. The second kappa shape index (κ2) is 12.0. The number of nitrogens with one attached hydrogen (secondary N) is 2. The third-order valence-electron chi connectivity index (χ3n) is 6.72. The van der Waals surface area contributed by atoms with Crippen molar-refractivity contribution in [1.82, 2.24) is 15.1 Å². The zero-order valence-corrected chi connectivity index (χ0v) is 20.6. The number of hydrogen-bond acceptors (Lipinski definition) is 6. The number of hydrogen-bond donors (Lipinski definition) is 4. The molecule has 1 aromatic heterocycles. The molecule has 196 valence electrons. The van der Waals surface area contributed by atoms with Crippen molar-refractivity contribution >= 4 is 34.4 Å². The number of carbonyl (C=O) groups is 3. The van der Waals surface area contributed by atoms with Crippen LogP contribution < -0.4 is 16.1 Å². The molecule has 1 aliphatic rings. The van der Waals surface area contributed by atoms with E-state index in [9.17, 15) is 24.3 Å². The number of benzene rings is 1. The third-order valence-corrected chi connectivity index (χ3v) is 6.72. The van der Waals surface area contributed by atoms with Crippen LogP contribution in [0.2, 0.25) is 0 Å². The van der Waals surface area contributed by atoms with Gasteiger partial charge < -0.3 is 20.8 Å². The third kappa shape index (κ3) is 6.19. The first-order chi connectivity index (χ1) is 17.2. The van der Waals surface area contributed by atoms with E-state index in [-0.39, 0.29) is 29.6 Å². The lowest BCUT2D eigenvalue weighted by atomic mass is 9.95. The number of nitrogens with zero attached hydrogens (tertiary/aromatic N) is 2. The van der Waals surface area contributed by atoms with Crippen LogP contribution in [-0.4, -0.2) is 49.9 Å². The molecule has 36 heavy (non-hydrogen) atoms. The molecule has 10 nitrogen and oxygen atoms in total. The van der Waals surface area contributed by atoms with Crippen LogP contribution in [0.15, 0.2) is 16.9 Å². The van der Waals surface area contributed by atoms with Gasteiger partial charge in [0, 0.05) is 12.5 Å². The van der Waals surface area contributed by atoms with E-state index in [4.69, 9.17) is 5.11 Å². The van der Waals surface area contributed by atoms with E-state index in [1.165, 1.54) is 4.68 Å². The number of aromatic nitrogens is 2. The van der Waals surface area contributed by atoms with Crippen LogP contribution in [0.3, 0.4) is 0 Å². The normalized spacial score (nSPS) is 15.1. The fraction of sp³-hybridized carbons (Fsp3) is 0.560. The van der Waals surface area contributed by atoms with Crippen molar-refractivity contribution in [3.05, 3.63) is 33.9 Å². The fourth-order valence-electron chi connectivity index (χ4n) is 4.66. The second-order valence-corrected chi connectivity index (χ2v) is 9.22. The molecule has 4 N–H and O–H groups in total. The molecule has 1 amide bonds. The summed E-state index contributed by atoms with van der Waals surface area (Å²) < 4.78 is 16.6. The van der Waals surface area contributed by atoms with Crippen molar-refractivity contribution < 1.29 is 29.0 Å². The van der Waals surface area contributed by atoms with E-state index in [2.05, 4.69) is 15.7 Å². The highest BCUT2D eigenvalue weighted by Gasteiger charge is 2.27. The van der Waals surface area contributed by atoms with Gasteiger partial charge in [-0.05, 0) is 44.2 Å². The van der Waals surface area contributed by atoms with E-state index in [1.54, 1.807) is 6.07 Å². The van der Waals surface area contributed by atoms with Crippen LogP contribution in [0.25, 0.3) is 10.9 Å². The number of anilines is 1. The molecule has 0 unspecified atom stereocenters. The molecular weight excluding hydrogens is 471 g/mol. The van der Waals surface area contributed by atoms with Crippen molar-refractivity contribution in [1.29, 1.82) is 0 Å². The van der Waals surface area contributed by atoms with Crippen LogP contribution in [-0.2, 0) is 9.59 Å². The Morgan fingerprint density at radius 2 is 1.81 bits per heavy atom. The summed E-state index contributed by atoms with van der Waals surface area (Å²) in [6, 6.07) is 1.07. The largest absolute Gasteiger partial charge is 0.481 e. The van der Waals surface area contributed by atoms with Gasteiger partial charge in [-0.25, -0.2) is 9.18 Å². The zero-order chi connectivity index (χ0) is 26.4. The fourth-order valence-corrected chi connectivity index (χ4v) is 4.66. The Morgan fingerprint density at radius 3 is 2.39 bits per heavy atom. The standard InChI is InChI=1S/C25H33FN4O6/c1-3-15(4-2)30-20-13-19(27-14-8-6-5-7-9-14)17(26)12-16(20)23(33)22(29-30)24(34)28-18(25(35)36)10-11-21(31)32/h12-15,18,27H,3-11H2,1-2H3,(H,28,34)(H,31,32)(H,35,36)/t18-/m0/s1. The average Bonchev–Trinajstić information content (AvgIpc) is 2.84. The molecular formula is C25H33FN4O6. The number of carboxylic acids is 2. The quantitative estimate of drug-likeness (QED) is 0.362. The number of carboxylic acid groups (broad SMARTS) is 2. The molecule has 1 aromatic carbocycles. The van der Waals surface area contributed by atoms with E-state index in [0.29, 0.717) is 18.4 Å². The molecule has 3 rings (SSSR count). The lowest BCUT2D eigenvalue weighted by Gasteiger charge is -2.25.